The molecule has 37 heavy (non-hydrogen) atoms. The number of anilines is 3. The van der Waals surface area contributed by atoms with Crippen LogP contribution in [0.3, 0.4) is 0 Å². The van der Waals surface area contributed by atoms with Crippen molar-refractivity contribution in [2.75, 3.05) is 22.1 Å². The number of H-pyrrole nitrogens is 1. The molecule has 1 aromatic heterocycles. The van der Waals surface area contributed by atoms with Gasteiger partial charge in [-0.2, -0.15) is 0 Å². The Morgan fingerprint density at radius 2 is 1.70 bits per heavy atom. The van der Waals surface area contributed by atoms with Crippen molar-refractivity contribution in [1.82, 2.24) is 4.98 Å². The van der Waals surface area contributed by atoms with Crippen LogP contribution in [-0.4, -0.2) is 23.5 Å². The number of hydrogen-bond acceptors (Lipinski definition) is 3. The minimum absolute atomic E-state index is 0.0273. The molecule has 4 aromatic carbocycles. The number of nitrogens with one attached hydrogen (secondary N) is 1. The van der Waals surface area contributed by atoms with Gasteiger partial charge in [0.15, 0.2) is 0 Å². The van der Waals surface area contributed by atoms with E-state index < -0.39 is 0 Å². The summed E-state index contributed by atoms with van der Waals surface area (Å²) < 4.78 is 0. The van der Waals surface area contributed by atoms with E-state index in [-0.39, 0.29) is 11.9 Å². The number of nitrogens with zero attached hydrogens (tertiary/aromatic N) is 2. The number of carbonyl (C=O) groups excluding carboxylic acids is 1. The SMILES string of the molecule is CC1CCN(C(=O)c2ccc(-c3ccc4[nH]ccc4c3)c(N)c2)c2ccccc2N1Cc1ccccc1. The molecule has 0 saturated carbocycles. The average Bonchev–Trinajstić information content (AvgIpc) is 3.35. The molecule has 3 N–H and O–H groups in total. The zero-order valence-electron chi connectivity index (χ0n) is 20.9. The second kappa shape index (κ2) is 9.51. The number of fused-ring (bicyclic) bond motifs is 2. The third-order valence-corrected chi connectivity index (χ3v) is 7.39. The Bertz CT molecular complexity index is 1570. The first-order valence-corrected chi connectivity index (χ1v) is 12.8. The van der Waals surface area contributed by atoms with Gasteiger partial charge in [0.2, 0.25) is 0 Å². The number of amides is 1. The number of carbonyl (C=O) groups is 1. The van der Waals surface area contributed by atoms with Gasteiger partial charge in [-0.1, -0.05) is 54.6 Å². The molecule has 184 valence electrons. The Balaban J connectivity index is 1.32. The molecule has 0 fully saturated rings. The van der Waals surface area contributed by atoms with Crippen LogP contribution in [0.5, 0.6) is 0 Å². The topological polar surface area (TPSA) is 65.4 Å². The van der Waals surface area contributed by atoms with Crippen LogP contribution in [0.25, 0.3) is 22.0 Å². The van der Waals surface area contributed by atoms with Gasteiger partial charge in [0.25, 0.3) is 5.91 Å². The first kappa shape index (κ1) is 22.9. The molecular weight excluding hydrogens is 456 g/mol. The zero-order valence-corrected chi connectivity index (χ0v) is 20.9. The van der Waals surface area contributed by atoms with E-state index in [4.69, 9.17) is 5.73 Å². The molecule has 1 atom stereocenters. The van der Waals surface area contributed by atoms with Crippen LogP contribution < -0.4 is 15.5 Å². The van der Waals surface area contributed by atoms with Crippen molar-refractivity contribution < 1.29 is 4.79 Å². The van der Waals surface area contributed by atoms with E-state index in [1.165, 1.54) is 5.56 Å². The van der Waals surface area contributed by atoms with Gasteiger partial charge in [0.1, 0.15) is 0 Å². The van der Waals surface area contributed by atoms with Crippen molar-refractivity contribution in [3.05, 3.63) is 114 Å². The zero-order chi connectivity index (χ0) is 25.4. The smallest absolute Gasteiger partial charge is 0.258 e. The maximum absolute atomic E-state index is 13.9. The van der Waals surface area contributed by atoms with Gasteiger partial charge < -0.3 is 20.5 Å². The average molecular weight is 487 g/mol. The van der Waals surface area contributed by atoms with Crippen LogP contribution in [-0.2, 0) is 6.54 Å². The summed E-state index contributed by atoms with van der Waals surface area (Å²) in [6, 6.07) is 33.0. The summed E-state index contributed by atoms with van der Waals surface area (Å²) in [5.74, 6) is -0.0273. The van der Waals surface area contributed by atoms with Crippen molar-refractivity contribution in [2.24, 2.45) is 0 Å². The molecule has 1 aliphatic rings. The second-order valence-electron chi connectivity index (χ2n) is 9.78. The number of benzene rings is 4. The second-order valence-corrected chi connectivity index (χ2v) is 9.78. The van der Waals surface area contributed by atoms with Crippen LogP contribution in [0, 0.1) is 0 Å². The number of aromatic amines is 1. The lowest BCUT2D eigenvalue weighted by Crippen LogP contribution is -2.33. The van der Waals surface area contributed by atoms with Crippen LogP contribution in [0.1, 0.15) is 29.3 Å². The van der Waals surface area contributed by atoms with Gasteiger partial charge in [0, 0.05) is 47.7 Å². The van der Waals surface area contributed by atoms with Gasteiger partial charge in [-0.15, -0.1) is 0 Å². The van der Waals surface area contributed by atoms with Crippen molar-refractivity contribution in [2.45, 2.75) is 25.9 Å². The number of nitrogens with two attached hydrogens (primary N) is 1. The molecular formula is C32H30N4O. The maximum Gasteiger partial charge on any atom is 0.258 e. The highest BCUT2D eigenvalue weighted by atomic mass is 16.2. The minimum Gasteiger partial charge on any atom is -0.398 e. The molecule has 0 radical (unpaired) electrons. The number of para-hydroxylation sites is 2. The van der Waals surface area contributed by atoms with E-state index >= 15 is 0 Å². The van der Waals surface area contributed by atoms with Crippen LogP contribution in [0.15, 0.2) is 103 Å². The van der Waals surface area contributed by atoms with Crippen LogP contribution in [0.2, 0.25) is 0 Å². The lowest BCUT2D eigenvalue weighted by atomic mass is 10.00. The van der Waals surface area contributed by atoms with E-state index in [2.05, 4.69) is 65.3 Å². The molecule has 5 heteroatoms. The molecule has 1 aliphatic heterocycles. The highest BCUT2D eigenvalue weighted by Gasteiger charge is 2.29. The van der Waals surface area contributed by atoms with Gasteiger partial charge in [-0.05, 0) is 72.3 Å². The molecule has 2 heterocycles. The molecule has 0 bridgehead atoms. The Morgan fingerprint density at radius 1 is 0.919 bits per heavy atom. The minimum atomic E-state index is -0.0273. The molecule has 0 spiro atoms. The summed E-state index contributed by atoms with van der Waals surface area (Å²) in [6.07, 6.45) is 2.80. The molecule has 5 nitrogen and oxygen atoms in total. The first-order valence-electron chi connectivity index (χ1n) is 12.8. The number of hydrogen-bond donors (Lipinski definition) is 2. The number of rotatable bonds is 4. The van der Waals surface area contributed by atoms with Crippen molar-refractivity contribution in [3.63, 3.8) is 0 Å². The fourth-order valence-corrected chi connectivity index (χ4v) is 5.33. The molecule has 6 rings (SSSR count). The van der Waals surface area contributed by atoms with Gasteiger partial charge in [-0.25, -0.2) is 0 Å². The van der Waals surface area contributed by atoms with Gasteiger partial charge >= 0.3 is 0 Å². The molecule has 0 saturated heterocycles. The molecule has 0 aliphatic carbocycles. The van der Waals surface area contributed by atoms with Crippen LogP contribution in [0.4, 0.5) is 17.1 Å². The van der Waals surface area contributed by atoms with Crippen LogP contribution >= 0.6 is 0 Å². The monoisotopic (exact) mass is 486 g/mol. The quantitative estimate of drug-likeness (QED) is 0.273. The molecule has 1 amide bonds. The predicted octanol–water partition coefficient (Wildman–Crippen LogP) is 6.86. The fraction of sp³-hybridized carbons (Fsp3) is 0.156. The normalized spacial score (nSPS) is 15.4. The van der Waals surface area contributed by atoms with E-state index in [0.717, 1.165) is 46.4 Å². The Morgan fingerprint density at radius 3 is 2.51 bits per heavy atom. The fourth-order valence-electron chi connectivity index (χ4n) is 5.33. The van der Waals surface area contributed by atoms with E-state index in [9.17, 15) is 4.79 Å². The number of nitrogen functional groups attached to an aromatic ring is 1. The summed E-state index contributed by atoms with van der Waals surface area (Å²) >= 11 is 0. The van der Waals surface area contributed by atoms with Crippen molar-refractivity contribution in [3.8, 4) is 11.1 Å². The summed E-state index contributed by atoms with van der Waals surface area (Å²) in [4.78, 5) is 21.4. The summed E-state index contributed by atoms with van der Waals surface area (Å²) in [7, 11) is 0. The summed E-state index contributed by atoms with van der Waals surface area (Å²) in [5.41, 5.74) is 14.0. The predicted molar refractivity (Wildman–Crippen MR) is 153 cm³/mol. The maximum atomic E-state index is 13.9. The summed E-state index contributed by atoms with van der Waals surface area (Å²) in [6.45, 7) is 3.68. The Hall–Kier alpha value is -4.51. The number of aromatic nitrogens is 1. The standard InChI is InChI=1S/C32H30N4O/c1-22-16-18-35(30-9-5-6-10-31(30)36(22)21-23-7-3-2-4-8-23)32(37)26-11-13-27(28(33)20-26)24-12-14-29-25(19-24)15-17-34-29/h2-15,17,19-20,22,34H,16,18,21,33H2,1H3. The highest BCUT2D eigenvalue weighted by molar-refractivity contribution is 6.09. The Labute approximate surface area is 217 Å². The lowest BCUT2D eigenvalue weighted by molar-refractivity contribution is 0.0987. The lowest BCUT2D eigenvalue weighted by Gasteiger charge is -2.31. The highest BCUT2D eigenvalue weighted by Crippen LogP contribution is 2.37. The first-order chi connectivity index (χ1) is 18.1. The van der Waals surface area contributed by atoms with E-state index in [0.29, 0.717) is 17.8 Å². The van der Waals surface area contributed by atoms with Gasteiger partial charge in [0.05, 0.1) is 11.4 Å². The Kier molecular flexibility index (Phi) is 5.89. The third kappa shape index (κ3) is 4.33. The third-order valence-electron chi connectivity index (χ3n) is 7.39. The van der Waals surface area contributed by atoms with Crippen molar-refractivity contribution in [1.29, 1.82) is 0 Å². The van der Waals surface area contributed by atoms with Crippen molar-refractivity contribution >= 4 is 33.9 Å². The molecule has 5 aromatic rings. The molecule has 1 unspecified atom stereocenters. The largest absolute Gasteiger partial charge is 0.398 e. The van der Waals surface area contributed by atoms with Gasteiger partial charge in [-0.3, -0.25) is 4.79 Å². The van der Waals surface area contributed by atoms with E-state index in [1.54, 1.807) is 0 Å². The van der Waals surface area contributed by atoms with E-state index in [1.807, 2.05) is 59.6 Å². The summed E-state index contributed by atoms with van der Waals surface area (Å²) in [5, 5.41) is 1.13.